The van der Waals surface area contributed by atoms with E-state index in [1.54, 1.807) is 13.0 Å². The molecule has 0 aromatic heterocycles. The van der Waals surface area contributed by atoms with Gasteiger partial charge in [0.25, 0.3) is 0 Å². The van der Waals surface area contributed by atoms with Gasteiger partial charge in [0.2, 0.25) is 0 Å². The van der Waals surface area contributed by atoms with Crippen LogP contribution in [0.2, 0.25) is 5.02 Å². The molecule has 2 aromatic rings. The number of carbonyl (C=O) groups is 6. The first kappa shape index (κ1) is 41.1. The molecular weight excluding hydrogens is 704 g/mol. The van der Waals surface area contributed by atoms with Crippen LogP contribution in [0.15, 0.2) is 61.7 Å². The summed E-state index contributed by atoms with van der Waals surface area (Å²) in [6, 6.07) is 8.60. The molecule has 1 aliphatic carbocycles. The average molecular weight is 745 g/mol. The summed E-state index contributed by atoms with van der Waals surface area (Å²) < 4.78 is 41.3. The number of halogens is 1. The minimum Gasteiger partial charge on any atom is -0.463 e. The second-order valence-electron chi connectivity index (χ2n) is 11.4. The van der Waals surface area contributed by atoms with Gasteiger partial charge in [0.15, 0.2) is 5.75 Å². The third-order valence-corrected chi connectivity index (χ3v) is 7.77. The molecule has 52 heavy (non-hydrogen) atoms. The predicted molar refractivity (Wildman–Crippen MR) is 184 cm³/mol. The van der Waals surface area contributed by atoms with E-state index in [0.29, 0.717) is 56.9 Å². The van der Waals surface area contributed by atoms with E-state index in [1.807, 2.05) is 0 Å². The lowest BCUT2D eigenvalue weighted by atomic mass is 9.94. The van der Waals surface area contributed by atoms with Gasteiger partial charge in [-0.1, -0.05) is 24.8 Å². The van der Waals surface area contributed by atoms with E-state index in [2.05, 4.69) is 13.2 Å². The normalized spacial score (nSPS) is 14.9. The molecule has 0 N–H and O–H groups in total. The zero-order valence-electron chi connectivity index (χ0n) is 28.8. The summed E-state index contributed by atoms with van der Waals surface area (Å²) in [7, 11) is 0. The van der Waals surface area contributed by atoms with Crippen molar-refractivity contribution >= 4 is 47.8 Å². The molecule has 0 atom stereocenters. The van der Waals surface area contributed by atoms with Gasteiger partial charge in [-0.15, -0.1) is 0 Å². The highest BCUT2D eigenvalue weighted by molar-refractivity contribution is 6.32. The van der Waals surface area contributed by atoms with Crippen molar-refractivity contribution in [1.29, 1.82) is 0 Å². The molecule has 15 heteroatoms. The smallest absolute Gasteiger partial charge is 0.463 e. The Morgan fingerprint density at radius 1 is 0.635 bits per heavy atom. The Balaban J connectivity index is 1.35. The molecule has 1 fully saturated rings. The van der Waals surface area contributed by atoms with Crippen molar-refractivity contribution in [2.24, 2.45) is 0 Å². The number of hydrogen-bond acceptors (Lipinski definition) is 14. The van der Waals surface area contributed by atoms with E-state index in [4.69, 9.17) is 49.5 Å². The quantitative estimate of drug-likeness (QED) is 0.0500. The van der Waals surface area contributed by atoms with Crippen molar-refractivity contribution in [1.82, 2.24) is 0 Å². The van der Waals surface area contributed by atoms with Crippen molar-refractivity contribution in [2.75, 3.05) is 26.4 Å². The van der Waals surface area contributed by atoms with Gasteiger partial charge in [0.1, 0.15) is 18.0 Å². The third kappa shape index (κ3) is 14.5. The van der Waals surface area contributed by atoms with Gasteiger partial charge >= 0.3 is 36.2 Å². The maximum absolute atomic E-state index is 12.8. The molecule has 0 heterocycles. The van der Waals surface area contributed by atoms with Crippen molar-refractivity contribution in [3.63, 3.8) is 0 Å². The predicted octanol–water partition coefficient (Wildman–Crippen LogP) is 7.02. The minimum absolute atomic E-state index is 0.000664. The third-order valence-electron chi connectivity index (χ3n) is 7.47. The van der Waals surface area contributed by atoms with Crippen molar-refractivity contribution in [3.8, 4) is 11.5 Å². The van der Waals surface area contributed by atoms with E-state index >= 15 is 0 Å². The number of unbranched alkanes of at least 4 members (excludes halogenated alkanes) is 2. The Kier molecular flexibility index (Phi) is 17.2. The number of benzene rings is 2. The maximum atomic E-state index is 12.8. The topological polar surface area (TPSA) is 176 Å². The molecule has 0 saturated heterocycles. The first-order chi connectivity index (χ1) is 25.0. The fourth-order valence-electron chi connectivity index (χ4n) is 4.73. The summed E-state index contributed by atoms with van der Waals surface area (Å²) in [5.74, 6) is -1.97. The van der Waals surface area contributed by atoms with Crippen LogP contribution < -0.4 is 9.47 Å². The zero-order chi connectivity index (χ0) is 37.9. The highest BCUT2D eigenvalue weighted by atomic mass is 35.5. The van der Waals surface area contributed by atoms with Crippen LogP contribution in [0.1, 0.15) is 77.6 Å². The lowest BCUT2D eigenvalue weighted by Crippen LogP contribution is -2.29. The molecule has 3 rings (SSSR count). The Morgan fingerprint density at radius 2 is 1.04 bits per heavy atom. The summed E-state index contributed by atoms with van der Waals surface area (Å²) in [6.07, 6.45) is 3.24. The van der Waals surface area contributed by atoms with Crippen LogP contribution in [-0.4, -0.2) is 74.8 Å². The van der Waals surface area contributed by atoms with Crippen LogP contribution in [0.5, 0.6) is 11.5 Å². The number of aryl methyl sites for hydroxylation is 1. The summed E-state index contributed by atoms with van der Waals surface area (Å²) in [4.78, 5) is 71.6. The first-order valence-corrected chi connectivity index (χ1v) is 17.0. The molecule has 2 aromatic carbocycles. The second-order valence-corrected chi connectivity index (χ2v) is 11.8. The van der Waals surface area contributed by atoms with Crippen LogP contribution in [0.4, 0.5) is 9.59 Å². The van der Waals surface area contributed by atoms with Gasteiger partial charge in [-0.2, -0.15) is 0 Å². The van der Waals surface area contributed by atoms with Gasteiger partial charge in [0.05, 0.1) is 42.6 Å². The van der Waals surface area contributed by atoms with Gasteiger partial charge in [0, 0.05) is 12.2 Å². The van der Waals surface area contributed by atoms with E-state index in [1.165, 1.54) is 30.3 Å². The number of rotatable bonds is 18. The van der Waals surface area contributed by atoms with Crippen LogP contribution in [0, 0.1) is 6.92 Å². The molecule has 14 nitrogen and oxygen atoms in total. The van der Waals surface area contributed by atoms with Gasteiger partial charge in [-0.3, -0.25) is 0 Å². The molecule has 0 radical (unpaired) electrons. The molecule has 1 aliphatic rings. The molecule has 0 aliphatic heterocycles. The highest BCUT2D eigenvalue weighted by Gasteiger charge is 2.27. The Hall–Kier alpha value is -5.37. The highest BCUT2D eigenvalue weighted by Crippen LogP contribution is 2.29. The summed E-state index contributed by atoms with van der Waals surface area (Å²) in [5.41, 5.74) is 0.964. The number of esters is 4. The van der Waals surface area contributed by atoms with Crippen molar-refractivity contribution in [2.45, 2.75) is 70.5 Å². The summed E-state index contributed by atoms with van der Waals surface area (Å²) in [6.45, 7) is 8.74. The summed E-state index contributed by atoms with van der Waals surface area (Å²) in [5, 5.41) is 0.00514. The zero-order valence-corrected chi connectivity index (χ0v) is 29.5. The minimum atomic E-state index is -0.980. The SMILES string of the molecule is C=CC(=O)OCCCCOC(=O)Oc1ccc(C(=O)OC2CCC(OC(=O)c3ccc(OC(=O)OCCCCOC(=O)C=C)c(Cl)c3)CC2)cc1C. The van der Waals surface area contributed by atoms with E-state index in [-0.39, 0.29) is 60.2 Å². The van der Waals surface area contributed by atoms with E-state index < -0.39 is 42.3 Å². The van der Waals surface area contributed by atoms with Gasteiger partial charge < -0.3 is 37.9 Å². The fraction of sp³-hybridized carbons (Fsp3) is 0.405. The van der Waals surface area contributed by atoms with Crippen LogP contribution in [0.25, 0.3) is 0 Å². The number of ether oxygens (including phenoxy) is 8. The largest absolute Gasteiger partial charge is 0.513 e. The average Bonchev–Trinajstić information content (AvgIpc) is 3.13. The molecule has 0 unspecified atom stereocenters. The van der Waals surface area contributed by atoms with E-state index in [9.17, 15) is 28.8 Å². The van der Waals surface area contributed by atoms with E-state index in [0.717, 1.165) is 12.2 Å². The molecule has 1 saturated carbocycles. The summed E-state index contributed by atoms with van der Waals surface area (Å²) >= 11 is 6.22. The standard InChI is InChI=1S/C37H41ClO14/c1-4-32(39)45-18-6-8-20-47-36(43)51-30-16-10-25(22-24(30)3)34(41)49-27-12-14-28(15-13-27)50-35(42)26-11-17-31(29(38)23-26)52-37(44)48-21-9-7-19-46-33(40)5-2/h4-5,10-11,16-17,22-23,27-28H,1-2,6-9,12-15,18-21H2,3H3. The lowest BCUT2D eigenvalue weighted by molar-refractivity contribution is -0.138. The monoisotopic (exact) mass is 744 g/mol. The molecule has 0 amide bonds. The number of carbonyl (C=O) groups excluding carboxylic acids is 6. The number of hydrogen-bond donors (Lipinski definition) is 0. The fourth-order valence-corrected chi connectivity index (χ4v) is 4.95. The van der Waals surface area contributed by atoms with Crippen LogP contribution in [-0.2, 0) is 38.0 Å². The molecule has 0 bridgehead atoms. The van der Waals surface area contributed by atoms with Gasteiger partial charge in [-0.05, 0) is 100 Å². The molecule has 280 valence electrons. The maximum Gasteiger partial charge on any atom is 0.513 e. The molecular formula is C37H41ClO14. The van der Waals surface area contributed by atoms with Gasteiger partial charge in [-0.25, -0.2) is 28.8 Å². The first-order valence-electron chi connectivity index (χ1n) is 16.6. The van der Waals surface area contributed by atoms with Crippen molar-refractivity contribution in [3.05, 3.63) is 83.4 Å². The van der Waals surface area contributed by atoms with Crippen LogP contribution in [0.3, 0.4) is 0 Å². The second kappa shape index (κ2) is 21.8. The van der Waals surface area contributed by atoms with Crippen LogP contribution >= 0.6 is 11.6 Å². The Morgan fingerprint density at radius 3 is 1.46 bits per heavy atom. The lowest BCUT2D eigenvalue weighted by Gasteiger charge is -2.28. The van der Waals surface area contributed by atoms with Crippen molar-refractivity contribution < 1.29 is 66.7 Å². The molecule has 0 spiro atoms. The Bertz CT molecular complexity index is 1480. The Labute approximate surface area is 305 Å².